The van der Waals surface area contributed by atoms with E-state index in [0.29, 0.717) is 13.3 Å². The van der Waals surface area contributed by atoms with Crippen LogP contribution in [0.4, 0.5) is 5.69 Å². The van der Waals surface area contributed by atoms with Crippen LogP contribution >= 0.6 is 0 Å². The van der Waals surface area contributed by atoms with E-state index in [1.807, 2.05) is 24.3 Å². The molecule has 2 aliphatic heterocycles. The minimum atomic E-state index is 0.164. The van der Waals surface area contributed by atoms with Crippen LogP contribution in [0.15, 0.2) is 48.5 Å². The maximum atomic E-state index is 12.3. The third-order valence-electron chi connectivity index (χ3n) is 6.16. The molecule has 2 aromatic rings. The number of para-hydroxylation sites is 1. The summed E-state index contributed by atoms with van der Waals surface area (Å²) in [7, 11) is 2.09. The highest BCUT2D eigenvalue weighted by Gasteiger charge is 2.25. The number of nitrogens with zero attached hydrogens (tertiary/aromatic N) is 1. The van der Waals surface area contributed by atoms with E-state index in [1.54, 1.807) is 4.90 Å². The molecule has 4 rings (SSSR count). The van der Waals surface area contributed by atoms with E-state index in [9.17, 15) is 4.79 Å². The van der Waals surface area contributed by atoms with E-state index in [-0.39, 0.29) is 5.91 Å². The second-order valence-corrected chi connectivity index (χ2v) is 8.50. The highest BCUT2D eigenvalue weighted by molar-refractivity contribution is 5.76. The van der Waals surface area contributed by atoms with Gasteiger partial charge >= 0.3 is 0 Å². The molecule has 7 heteroatoms. The van der Waals surface area contributed by atoms with Crippen LogP contribution in [0.25, 0.3) is 0 Å². The maximum absolute atomic E-state index is 12.3. The minimum absolute atomic E-state index is 0.164. The van der Waals surface area contributed by atoms with Crippen molar-refractivity contribution in [1.82, 2.24) is 5.32 Å². The molecule has 0 atom stereocenters. The number of piperazine rings is 1. The van der Waals surface area contributed by atoms with E-state index in [0.717, 1.165) is 63.7 Å². The zero-order valence-electron chi connectivity index (χ0n) is 18.4. The molecule has 0 spiro atoms. The van der Waals surface area contributed by atoms with Crippen LogP contribution in [0.3, 0.4) is 0 Å². The Hall–Kier alpha value is -2.77. The fourth-order valence-electron chi connectivity index (χ4n) is 4.30. The lowest BCUT2D eigenvalue weighted by atomic mass is 10.1. The Labute approximate surface area is 184 Å². The Morgan fingerprint density at radius 2 is 1.74 bits per heavy atom. The zero-order valence-corrected chi connectivity index (χ0v) is 18.4. The fraction of sp³-hybridized carbons (Fsp3) is 0.458. The monoisotopic (exact) mass is 426 g/mol. The van der Waals surface area contributed by atoms with Gasteiger partial charge in [-0.05, 0) is 36.8 Å². The number of fused-ring (bicyclic) bond motifs is 1. The van der Waals surface area contributed by atoms with Crippen LogP contribution in [0.5, 0.6) is 11.5 Å². The van der Waals surface area contributed by atoms with Crippen molar-refractivity contribution in [3.8, 4) is 11.5 Å². The van der Waals surface area contributed by atoms with Crippen LogP contribution in [-0.4, -0.2) is 65.6 Å². The van der Waals surface area contributed by atoms with Gasteiger partial charge in [0.1, 0.15) is 32.7 Å². The van der Waals surface area contributed by atoms with Gasteiger partial charge in [0, 0.05) is 31.4 Å². The van der Waals surface area contributed by atoms with Crippen LogP contribution in [0, 0.1) is 0 Å². The maximum Gasteiger partial charge on any atom is 0.275 e. The summed E-state index contributed by atoms with van der Waals surface area (Å²) in [4.78, 5) is 17.5. The van der Waals surface area contributed by atoms with Crippen molar-refractivity contribution in [1.29, 1.82) is 0 Å². The highest BCUT2D eigenvalue weighted by Crippen LogP contribution is 2.32. The van der Waals surface area contributed by atoms with Gasteiger partial charge in [0.2, 0.25) is 6.79 Å². The molecule has 1 saturated heterocycles. The predicted octanol–water partition coefficient (Wildman–Crippen LogP) is -0.659. The Kier molecular flexibility index (Phi) is 7.27. The summed E-state index contributed by atoms with van der Waals surface area (Å²) in [5.41, 5.74) is 2.49. The summed E-state index contributed by atoms with van der Waals surface area (Å²) in [6.45, 7) is 7.77. The SMILES string of the molecule is CN(CCCNC(=O)C[NH+]1CC[NH+](Cc2ccc3c(c2)OCO3)CC1)c1ccccc1. The van der Waals surface area contributed by atoms with Crippen molar-refractivity contribution in [2.24, 2.45) is 0 Å². The average molecular weight is 427 g/mol. The van der Waals surface area contributed by atoms with Gasteiger partial charge in [-0.1, -0.05) is 18.2 Å². The van der Waals surface area contributed by atoms with Gasteiger partial charge in [-0.15, -0.1) is 0 Å². The van der Waals surface area contributed by atoms with E-state index < -0.39 is 0 Å². The Morgan fingerprint density at radius 3 is 2.55 bits per heavy atom. The number of carbonyl (C=O) groups excluding carboxylic acids is 1. The summed E-state index contributed by atoms with van der Waals surface area (Å²) in [6.07, 6.45) is 0.944. The first-order chi connectivity index (χ1) is 15.2. The van der Waals surface area contributed by atoms with Crippen LogP contribution in [0.1, 0.15) is 12.0 Å². The van der Waals surface area contributed by atoms with Crippen LogP contribution in [-0.2, 0) is 11.3 Å². The molecule has 0 unspecified atom stereocenters. The summed E-state index contributed by atoms with van der Waals surface area (Å²) < 4.78 is 10.9. The number of benzene rings is 2. The summed E-state index contributed by atoms with van der Waals surface area (Å²) in [6, 6.07) is 16.6. The molecule has 31 heavy (non-hydrogen) atoms. The Bertz CT molecular complexity index is 853. The number of hydrogen-bond donors (Lipinski definition) is 3. The molecule has 0 aliphatic carbocycles. The fourth-order valence-corrected chi connectivity index (χ4v) is 4.30. The summed E-state index contributed by atoms with van der Waals surface area (Å²) in [5.74, 6) is 1.86. The smallest absolute Gasteiger partial charge is 0.275 e. The van der Waals surface area contributed by atoms with Gasteiger partial charge in [0.15, 0.2) is 18.0 Å². The second-order valence-electron chi connectivity index (χ2n) is 8.50. The number of rotatable bonds is 9. The van der Waals surface area contributed by atoms with Crippen LogP contribution < -0.4 is 29.5 Å². The third kappa shape index (κ3) is 6.12. The molecular weight excluding hydrogens is 392 g/mol. The van der Waals surface area contributed by atoms with Gasteiger partial charge in [-0.3, -0.25) is 4.79 Å². The topological polar surface area (TPSA) is 59.7 Å². The Balaban J connectivity index is 1.10. The van der Waals surface area contributed by atoms with Gasteiger partial charge in [-0.25, -0.2) is 0 Å². The molecule has 1 amide bonds. The van der Waals surface area contributed by atoms with E-state index in [4.69, 9.17) is 9.47 Å². The molecule has 0 aromatic heterocycles. The lowest BCUT2D eigenvalue weighted by molar-refractivity contribution is -1.02. The molecule has 1 fully saturated rings. The number of amides is 1. The number of anilines is 1. The largest absolute Gasteiger partial charge is 0.454 e. The number of nitrogens with one attached hydrogen (secondary N) is 3. The van der Waals surface area contributed by atoms with Crippen molar-refractivity contribution in [2.45, 2.75) is 13.0 Å². The van der Waals surface area contributed by atoms with E-state index in [2.05, 4.69) is 41.5 Å². The number of ether oxygens (including phenoxy) is 2. The molecule has 2 aromatic carbocycles. The first-order valence-corrected chi connectivity index (χ1v) is 11.3. The molecule has 2 heterocycles. The average Bonchev–Trinajstić information content (AvgIpc) is 3.26. The lowest BCUT2D eigenvalue weighted by Gasteiger charge is -2.29. The molecule has 3 N–H and O–H groups in total. The predicted molar refractivity (Wildman–Crippen MR) is 120 cm³/mol. The zero-order chi connectivity index (χ0) is 21.5. The normalized spacial score (nSPS) is 19.8. The Morgan fingerprint density at radius 1 is 1.00 bits per heavy atom. The van der Waals surface area contributed by atoms with Crippen molar-refractivity contribution >= 4 is 11.6 Å². The summed E-state index contributed by atoms with van der Waals surface area (Å²) >= 11 is 0. The highest BCUT2D eigenvalue weighted by atomic mass is 16.7. The van der Waals surface area contributed by atoms with Gasteiger partial charge in [0.25, 0.3) is 5.91 Å². The van der Waals surface area contributed by atoms with Gasteiger partial charge in [0.05, 0.1) is 0 Å². The van der Waals surface area contributed by atoms with E-state index in [1.165, 1.54) is 16.2 Å². The van der Waals surface area contributed by atoms with Crippen molar-refractivity contribution < 1.29 is 24.1 Å². The van der Waals surface area contributed by atoms with Gasteiger partial charge < -0.3 is 29.5 Å². The number of carbonyl (C=O) groups is 1. The first-order valence-electron chi connectivity index (χ1n) is 11.3. The van der Waals surface area contributed by atoms with Crippen LogP contribution in [0.2, 0.25) is 0 Å². The molecule has 166 valence electrons. The van der Waals surface area contributed by atoms with Crippen molar-refractivity contribution in [2.75, 3.05) is 64.6 Å². The molecule has 0 radical (unpaired) electrons. The molecule has 0 bridgehead atoms. The second kappa shape index (κ2) is 10.5. The van der Waals surface area contributed by atoms with E-state index >= 15 is 0 Å². The molecule has 0 saturated carbocycles. The lowest BCUT2D eigenvalue weighted by Crippen LogP contribution is -3.28. The number of quaternary nitrogens is 2. The standard InChI is InChI=1S/C24H32N4O3/c1-26(21-6-3-2-4-7-21)11-5-10-25-24(29)18-28-14-12-27(13-15-28)17-20-8-9-22-23(16-20)31-19-30-22/h2-4,6-9,16H,5,10-15,17-19H2,1H3,(H,25,29)/p+2. The summed E-state index contributed by atoms with van der Waals surface area (Å²) in [5, 5.41) is 3.09. The minimum Gasteiger partial charge on any atom is -0.454 e. The number of hydrogen-bond acceptors (Lipinski definition) is 4. The van der Waals surface area contributed by atoms with Crippen molar-refractivity contribution in [3.63, 3.8) is 0 Å². The van der Waals surface area contributed by atoms with Crippen molar-refractivity contribution in [3.05, 3.63) is 54.1 Å². The first kappa shape index (κ1) is 21.5. The quantitative estimate of drug-likeness (QED) is 0.466. The van der Waals surface area contributed by atoms with Gasteiger partial charge in [-0.2, -0.15) is 0 Å². The molecular formula is C24H34N4O3+2. The third-order valence-corrected chi connectivity index (χ3v) is 6.16. The molecule has 7 nitrogen and oxygen atoms in total. The molecule has 2 aliphatic rings.